The van der Waals surface area contributed by atoms with Gasteiger partial charge in [0.15, 0.2) is 23.6 Å². The molecule has 45 heavy (non-hydrogen) atoms. The van der Waals surface area contributed by atoms with Crippen molar-refractivity contribution in [2.45, 2.75) is 81.0 Å². The van der Waals surface area contributed by atoms with Crippen molar-refractivity contribution in [3.8, 4) is 28.7 Å². The van der Waals surface area contributed by atoms with E-state index in [9.17, 15) is 35.4 Å². The molecule has 2 fully saturated rings. The number of aliphatic hydroxyl groups is 6. The number of fused-ring (bicyclic) bond motifs is 1. The van der Waals surface area contributed by atoms with Gasteiger partial charge >= 0.3 is 0 Å². The lowest BCUT2D eigenvalue weighted by Crippen LogP contribution is -2.59. The van der Waals surface area contributed by atoms with E-state index in [0.717, 1.165) is 0 Å². The van der Waals surface area contributed by atoms with Crippen LogP contribution in [0, 0.1) is 5.92 Å². The summed E-state index contributed by atoms with van der Waals surface area (Å²) in [6.45, 7) is 1.27. The van der Waals surface area contributed by atoms with Gasteiger partial charge in [0, 0.05) is 18.1 Å². The first kappa shape index (κ1) is 33.2. The highest BCUT2D eigenvalue weighted by Gasteiger charge is 2.46. The largest absolute Gasteiger partial charge is 0.496 e. The molecule has 0 amide bonds. The number of aliphatic hydroxyl groups excluding tert-OH is 6. The van der Waals surface area contributed by atoms with Gasteiger partial charge in [0.1, 0.15) is 65.5 Å². The zero-order valence-corrected chi connectivity index (χ0v) is 25.3. The van der Waals surface area contributed by atoms with E-state index >= 15 is 0 Å². The third-order valence-corrected chi connectivity index (χ3v) is 8.63. The van der Waals surface area contributed by atoms with Crippen molar-refractivity contribution in [2.75, 3.05) is 27.9 Å². The monoisotopic (exact) mass is 636 g/mol. The summed E-state index contributed by atoms with van der Waals surface area (Å²) in [6, 6.07) is 8.20. The third kappa shape index (κ3) is 6.55. The van der Waals surface area contributed by atoms with Gasteiger partial charge < -0.3 is 63.8 Å². The van der Waals surface area contributed by atoms with Crippen molar-refractivity contribution in [3.63, 3.8) is 0 Å². The van der Waals surface area contributed by atoms with Gasteiger partial charge in [0.05, 0.1) is 46.6 Å². The Morgan fingerprint density at radius 3 is 2.18 bits per heavy atom. The van der Waals surface area contributed by atoms with Gasteiger partial charge in [-0.05, 0) is 31.0 Å². The van der Waals surface area contributed by atoms with E-state index in [-0.39, 0.29) is 48.0 Å². The van der Waals surface area contributed by atoms with Crippen LogP contribution in [0.1, 0.15) is 41.8 Å². The molecule has 0 radical (unpaired) electrons. The SMILES string of the molecule is COc1ccc([C@@H]2CC(=O)c3c(OC)cc(O[C@@H]4C[C@H](CO[C@@H]5O[C@@H](C)[C@H](O)[C@@H](O)[C@H]5O)[C@@H](O)[C@H](O)[C@H]4O)cc3O2)cc1OC. The fourth-order valence-corrected chi connectivity index (χ4v) is 5.97. The second-order valence-electron chi connectivity index (χ2n) is 11.5. The molecule has 1 aliphatic carbocycles. The predicted molar refractivity (Wildman–Crippen MR) is 154 cm³/mol. The van der Waals surface area contributed by atoms with Gasteiger partial charge in [0.25, 0.3) is 0 Å². The highest BCUT2D eigenvalue weighted by molar-refractivity contribution is 6.02. The van der Waals surface area contributed by atoms with Gasteiger partial charge in [-0.1, -0.05) is 6.07 Å². The molecule has 14 nitrogen and oxygen atoms in total. The van der Waals surface area contributed by atoms with Gasteiger partial charge in [-0.3, -0.25) is 4.79 Å². The van der Waals surface area contributed by atoms with Gasteiger partial charge in [0.2, 0.25) is 0 Å². The summed E-state index contributed by atoms with van der Waals surface area (Å²) in [5.41, 5.74) is 0.920. The zero-order valence-electron chi connectivity index (χ0n) is 25.3. The molecule has 1 saturated heterocycles. The Labute approximate surface area is 259 Å². The van der Waals surface area contributed by atoms with Crippen LogP contribution in [0.3, 0.4) is 0 Å². The van der Waals surface area contributed by atoms with Crippen molar-refractivity contribution < 1.29 is 68.6 Å². The Morgan fingerprint density at radius 1 is 0.800 bits per heavy atom. The number of Topliss-reactive ketones (excluding diaryl/α,β-unsaturated/α-hetero) is 1. The Bertz CT molecular complexity index is 1350. The normalized spacial score (nSPS) is 34.8. The van der Waals surface area contributed by atoms with Crippen LogP contribution in [0.25, 0.3) is 0 Å². The molecule has 2 aliphatic heterocycles. The molecule has 14 heteroatoms. The fourth-order valence-electron chi connectivity index (χ4n) is 5.97. The maximum absolute atomic E-state index is 13.3. The molecular formula is C31H40O14. The molecule has 0 bridgehead atoms. The van der Waals surface area contributed by atoms with Gasteiger partial charge in [-0.25, -0.2) is 0 Å². The van der Waals surface area contributed by atoms with Crippen LogP contribution in [0.2, 0.25) is 0 Å². The Hall–Kier alpha value is -3.21. The summed E-state index contributed by atoms with van der Waals surface area (Å²) in [7, 11) is 4.43. The lowest BCUT2D eigenvalue weighted by Gasteiger charge is -2.42. The molecule has 11 atom stereocenters. The van der Waals surface area contributed by atoms with Crippen LogP contribution < -0.4 is 23.7 Å². The fraction of sp³-hybridized carbons (Fsp3) is 0.581. The first-order chi connectivity index (χ1) is 21.5. The molecule has 2 aromatic rings. The number of benzene rings is 2. The lowest BCUT2D eigenvalue weighted by atomic mass is 9.81. The molecule has 5 rings (SSSR count). The molecule has 0 aromatic heterocycles. The third-order valence-electron chi connectivity index (χ3n) is 8.63. The van der Waals surface area contributed by atoms with Crippen LogP contribution >= 0.6 is 0 Å². The average molecular weight is 637 g/mol. The molecule has 0 spiro atoms. The molecule has 0 unspecified atom stereocenters. The van der Waals surface area contributed by atoms with E-state index in [1.807, 2.05) is 0 Å². The van der Waals surface area contributed by atoms with Crippen LogP contribution in [0.4, 0.5) is 0 Å². The smallest absolute Gasteiger partial charge is 0.186 e. The summed E-state index contributed by atoms with van der Waals surface area (Å²) in [4.78, 5) is 13.3. The Kier molecular flexibility index (Phi) is 10.1. The molecule has 3 aliphatic rings. The Morgan fingerprint density at radius 2 is 1.49 bits per heavy atom. The molecule has 1 saturated carbocycles. The predicted octanol–water partition coefficient (Wildman–Crippen LogP) is 0.113. The number of hydrogen-bond acceptors (Lipinski definition) is 14. The number of methoxy groups -OCH3 is 3. The molecule has 248 valence electrons. The van der Waals surface area contributed by atoms with Crippen LogP contribution in [0.15, 0.2) is 30.3 Å². The summed E-state index contributed by atoms with van der Waals surface area (Å²) in [5.74, 6) is 0.575. The summed E-state index contributed by atoms with van der Waals surface area (Å²) >= 11 is 0. The molecule has 2 heterocycles. The quantitative estimate of drug-likeness (QED) is 0.216. The summed E-state index contributed by atoms with van der Waals surface area (Å²) in [6.07, 6.45) is -12.6. The molecule has 2 aromatic carbocycles. The highest BCUT2D eigenvalue weighted by atomic mass is 16.7. The number of hydrogen-bond donors (Lipinski definition) is 6. The van der Waals surface area contributed by atoms with Crippen LogP contribution in [-0.4, -0.2) is 119 Å². The summed E-state index contributed by atoms with van der Waals surface area (Å²) in [5, 5.41) is 62.4. The van der Waals surface area contributed by atoms with E-state index < -0.39 is 67.1 Å². The number of ether oxygens (including phenoxy) is 7. The highest BCUT2D eigenvalue weighted by Crippen LogP contribution is 2.44. The van der Waals surface area contributed by atoms with E-state index in [2.05, 4.69) is 0 Å². The van der Waals surface area contributed by atoms with Gasteiger partial charge in [-0.15, -0.1) is 0 Å². The number of carbonyl (C=O) groups excluding carboxylic acids is 1. The number of carbonyl (C=O) groups is 1. The zero-order chi connectivity index (χ0) is 32.6. The van der Waals surface area contributed by atoms with Crippen molar-refractivity contribution >= 4 is 5.78 Å². The maximum atomic E-state index is 13.3. The van der Waals surface area contributed by atoms with Crippen molar-refractivity contribution in [1.29, 1.82) is 0 Å². The van der Waals surface area contributed by atoms with E-state index in [1.165, 1.54) is 40.4 Å². The number of rotatable bonds is 9. The lowest BCUT2D eigenvalue weighted by molar-refractivity contribution is -0.299. The van der Waals surface area contributed by atoms with Gasteiger partial charge in [-0.2, -0.15) is 0 Å². The van der Waals surface area contributed by atoms with Crippen LogP contribution in [-0.2, 0) is 9.47 Å². The van der Waals surface area contributed by atoms with Crippen molar-refractivity contribution in [1.82, 2.24) is 0 Å². The topological polar surface area (TPSA) is 203 Å². The maximum Gasteiger partial charge on any atom is 0.186 e. The first-order valence-electron chi connectivity index (χ1n) is 14.6. The minimum atomic E-state index is -1.60. The van der Waals surface area contributed by atoms with E-state index in [1.54, 1.807) is 18.2 Å². The average Bonchev–Trinajstić information content (AvgIpc) is 3.04. The first-order valence-corrected chi connectivity index (χ1v) is 14.6. The Balaban J connectivity index is 1.33. The summed E-state index contributed by atoms with van der Waals surface area (Å²) < 4.78 is 39.6. The molecule has 6 N–H and O–H groups in total. The number of ketones is 1. The van der Waals surface area contributed by atoms with E-state index in [0.29, 0.717) is 17.1 Å². The van der Waals surface area contributed by atoms with Crippen molar-refractivity contribution in [2.24, 2.45) is 5.92 Å². The molecular weight excluding hydrogens is 596 g/mol. The van der Waals surface area contributed by atoms with Crippen molar-refractivity contribution in [3.05, 3.63) is 41.5 Å². The minimum absolute atomic E-state index is 0.0103. The second-order valence-corrected chi connectivity index (χ2v) is 11.5. The van der Waals surface area contributed by atoms with Crippen LogP contribution in [0.5, 0.6) is 28.7 Å². The second kappa shape index (κ2) is 13.6. The minimum Gasteiger partial charge on any atom is -0.496 e. The standard InChI is InChI=1S/C31H40O14/c1-13-25(33)28(36)30(38)31(43-13)42-12-15-8-23(27(35)29(37)26(15)34)44-16-9-21(41-4)24-17(32)11-19(45-22(24)10-16)14-5-6-18(39-2)20(7-14)40-3/h5-7,9-10,13,15,19,23,25-31,33-38H,8,11-12H2,1-4H3/t13-,15+,19-,23+,25-,26+,27-,28+,29-,30+,31+/m0/s1. The van der Waals surface area contributed by atoms with E-state index in [4.69, 9.17) is 33.2 Å².